The second-order valence-corrected chi connectivity index (χ2v) is 6.29. The van der Waals surface area contributed by atoms with Gasteiger partial charge in [-0.2, -0.15) is 0 Å². The Morgan fingerprint density at radius 1 is 1.29 bits per heavy atom. The van der Waals surface area contributed by atoms with Crippen molar-refractivity contribution in [2.45, 2.75) is 25.3 Å². The summed E-state index contributed by atoms with van der Waals surface area (Å²) < 4.78 is 12.2. The highest BCUT2D eigenvalue weighted by Gasteiger charge is 2.21. The van der Waals surface area contributed by atoms with Crippen molar-refractivity contribution in [1.29, 1.82) is 0 Å². The van der Waals surface area contributed by atoms with Gasteiger partial charge in [0.25, 0.3) is 0 Å². The fourth-order valence-corrected chi connectivity index (χ4v) is 3.54. The molecule has 2 aromatic carbocycles. The van der Waals surface area contributed by atoms with Gasteiger partial charge in [-0.3, -0.25) is 4.57 Å². The second kappa shape index (κ2) is 5.74. The summed E-state index contributed by atoms with van der Waals surface area (Å²) in [5, 5.41) is 3.59. The van der Waals surface area contributed by atoms with Crippen LogP contribution >= 0.6 is 0 Å². The molecule has 24 heavy (non-hydrogen) atoms. The molecule has 4 rings (SSSR count). The van der Waals surface area contributed by atoms with E-state index in [1.54, 1.807) is 14.2 Å². The molecule has 1 aliphatic rings. The van der Waals surface area contributed by atoms with E-state index in [2.05, 4.69) is 11.4 Å². The average molecular weight is 324 g/mol. The summed E-state index contributed by atoms with van der Waals surface area (Å²) in [6, 6.07) is 12.4. The number of oxazole rings is 1. The number of rotatable bonds is 3. The number of nitrogens with zero attached hydrogens (tertiary/aromatic N) is 1. The van der Waals surface area contributed by atoms with Crippen LogP contribution in [0.25, 0.3) is 11.1 Å². The molecule has 1 N–H and O–H groups in total. The number of ether oxygens (including phenoxy) is 1. The summed E-state index contributed by atoms with van der Waals surface area (Å²) in [7, 11) is 3.45. The van der Waals surface area contributed by atoms with E-state index in [9.17, 15) is 4.79 Å². The van der Waals surface area contributed by atoms with Crippen molar-refractivity contribution in [2.24, 2.45) is 7.05 Å². The maximum atomic E-state index is 11.6. The van der Waals surface area contributed by atoms with Gasteiger partial charge in [0.15, 0.2) is 5.58 Å². The monoisotopic (exact) mass is 324 g/mol. The van der Waals surface area contributed by atoms with Crippen LogP contribution in [0, 0.1) is 0 Å². The van der Waals surface area contributed by atoms with Gasteiger partial charge in [0.2, 0.25) is 0 Å². The highest BCUT2D eigenvalue weighted by Crippen LogP contribution is 2.31. The van der Waals surface area contributed by atoms with Gasteiger partial charge in [-0.25, -0.2) is 4.79 Å². The first-order valence-corrected chi connectivity index (χ1v) is 8.16. The fourth-order valence-electron chi connectivity index (χ4n) is 3.54. The number of nitrogens with one attached hydrogen (secondary N) is 1. The van der Waals surface area contributed by atoms with E-state index in [0.29, 0.717) is 11.6 Å². The number of aromatic nitrogens is 1. The van der Waals surface area contributed by atoms with Crippen LogP contribution in [0.5, 0.6) is 5.75 Å². The number of fused-ring (bicyclic) bond motifs is 2. The van der Waals surface area contributed by atoms with Crippen molar-refractivity contribution in [3.8, 4) is 5.75 Å². The minimum Gasteiger partial charge on any atom is -0.496 e. The van der Waals surface area contributed by atoms with Gasteiger partial charge >= 0.3 is 5.76 Å². The Hall–Kier alpha value is -2.69. The number of benzene rings is 2. The Morgan fingerprint density at radius 3 is 3.00 bits per heavy atom. The molecule has 0 bridgehead atoms. The molecular weight excluding hydrogens is 304 g/mol. The molecule has 124 valence electrons. The molecule has 3 aromatic rings. The Balaban J connectivity index is 1.58. The van der Waals surface area contributed by atoms with Crippen LogP contribution in [0.4, 0.5) is 5.69 Å². The molecule has 1 unspecified atom stereocenters. The topological polar surface area (TPSA) is 56.4 Å². The molecule has 1 heterocycles. The molecule has 1 aromatic heterocycles. The smallest absolute Gasteiger partial charge is 0.419 e. The molecule has 5 nitrogen and oxygen atoms in total. The van der Waals surface area contributed by atoms with Crippen LogP contribution < -0.4 is 15.8 Å². The Labute approximate surface area is 139 Å². The second-order valence-electron chi connectivity index (χ2n) is 6.29. The summed E-state index contributed by atoms with van der Waals surface area (Å²) in [5.41, 5.74) is 5.10. The molecule has 0 spiro atoms. The van der Waals surface area contributed by atoms with Crippen molar-refractivity contribution < 1.29 is 9.15 Å². The number of methoxy groups -OCH3 is 1. The van der Waals surface area contributed by atoms with E-state index in [4.69, 9.17) is 9.15 Å². The molecule has 1 atom stereocenters. The van der Waals surface area contributed by atoms with E-state index in [1.165, 1.54) is 15.7 Å². The van der Waals surface area contributed by atoms with Gasteiger partial charge in [-0.05, 0) is 54.7 Å². The van der Waals surface area contributed by atoms with Gasteiger partial charge in [0, 0.05) is 18.8 Å². The zero-order valence-electron chi connectivity index (χ0n) is 13.8. The maximum Gasteiger partial charge on any atom is 0.419 e. The van der Waals surface area contributed by atoms with Crippen LogP contribution in [0.3, 0.4) is 0 Å². The predicted octanol–water partition coefficient (Wildman–Crippen LogP) is 3.11. The van der Waals surface area contributed by atoms with Crippen molar-refractivity contribution in [3.63, 3.8) is 0 Å². The third kappa shape index (κ3) is 2.46. The molecule has 5 heteroatoms. The fraction of sp³-hybridized carbons (Fsp3) is 0.316. The lowest BCUT2D eigenvalue weighted by Gasteiger charge is -2.27. The largest absolute Gasteiger partial charge is 0.496 e. The Bertz CT molecular complexity index is 955. The minimum atomic E-state index is -0.333. The lowest BCUT2D eigenvalue weighted by Crippen LogP contribution is -2.27. The molecule has 1 aliphatic carbocycles. The Kier molecular flexibility index (Phi) is 3.56. The van der Waals surface area contributed by atoms with Crippen LogP contribution in [-0.4, -0.2) is 17.7 Å². The number of aryl methyl sites for hydroxylation is 1. The van der Waals surface area contributed by atoms with Crippen LogP contribution in [-0.2, 0) is 19.9 Å². The Morgan fingerprint density at radius 2 is 2.17 bits per heavy atom. The molecule has 0 fully saturated rings. The number of anilines is 1. The third-order valence-electron chi connectivity index (χ3n) is 4.82. The summed E-state index contributed by atoms with van der Waals surface area (Å²) in [6.07, 6.45) is 3.02. The van der Waals surface area contributed by atoms with E-state index in [0.717, 1.165) is 36.2 Å². The van der Waals surface area contributed by atoms with Gasteiger partial charge in [-0.1, -0.05) is 12.1 Å². The highest BCUT2D eigenvalue weighted by atomic mass is 16.5. The average Bonchev–Trinajstić information content (AvgIpc) is 2.88. The standard InChI is InChI=1S/C19H20N2O3/c1-21-16-11-14(7-9-18(16)24-19(21)22)20-13-6-8-15-12(10-13)4-3-5-17(15)23-2/h3-5,7,9,11,13,20H,6,8,10H2,1-2H3. The van der Waals surface area contributed by atoms with Gasteiger partial charge in [0.1, 0.15) is 5.75 Å². The van der Waals surface area contributed by atoms with Crippen LogP contribution in [0.2, 0.25) is 0 Å². The minimum absolute atomic E-state index is 0.333. The van der Waals surface area contributed by atoms with E-state index < -0.39 is 0 Å². The summed E-state index contributed by atoms with van der Waals surface area (Å²) >= 11 is 0. The summed E-state index contributed by atoms with van der Waals surface area (Å²) in [4.78, 5) is 11.6. The van der Waals surface area contributed by atoms with Crippen molar-refractivity contribution in [2.75, 3.05) is 12.4 Å². The zero-order valence-corrected chi connectivity index (χ0v) is 13.8. The normalized spacial score (nSPS) is 16.8. The maximum absolute atomic E-state index is 11.6. The van der Waals surface area contributed by atoms with E-state index in [1.807, 2.05) is 30.3 Å². The van der Waals surface area contributed by atoms with E-state index in [-0.39, 0.29) is 5.76 Å². The lowest BCUT2D eigenvalue weighted by atomic mass is 9.87. The first-order chi connectivity index (χ1) is 11.7. The van der Waals surface area contributed by atoms with E-state index >= 15 is 0 Å². The number of hydrogen-bond acceptors (Lipinski definition) is 4. The van der Waals surface area contributed by atoms with Gasteiger partial charge < -0.3 is 14.5 Å². The molecule has 0 radical (unpaired) electrons. The quantitative estimate of drug-likeness (QED) is 0.804. The molecular formula is C19H20N2O3. The summed E-state index contributed by atoms with van der Waals surface area (Å²) in [5.74, 6) is 0.654. The van der Waals surface area contributed by atoms with Crippen molar-refractivity contribution >= 4 is 16.8 Å². The predicted molar refractivity (Wildman–Crippen MR) is 93.9 cm³/mol. The SMILES string of the molecule is COc1cccc2c1CCC(Nc1ccc3oc(=O)n(C)c3c1)C2. The highest BCUT2D eigenvalue weighted by molar-refractivity contribution is 5.77. The molecule has 0 aliphatic heterocycles. The molecule has 0 saturated carbocycles. The van der Waals surface area contributed by atoms with Crippen LogP contribution in [0.1, 0.15) is 17.5 Å². The zero-order chi connectivity index (χ0) is 16.7. The third-order valence-corrected chi connectivity index (χ3v) is 4.82. The molecule has 0 saturated heterocycles. The summed E-state index contributed by atoms with van der Waals surface area (Å²) in [6.45, 7) is 0. The molecule has 0 amide bonds. The van der Waals surface area contributed by atoms with Crippen molar-refractivity contribution in [1.82, 2.24) is 4.57 Å². The first-order valence-electron chi connectivity index (χ1n) is 8.16. The number of hydrogen-bond donors (Lipinski definition) is 1. The van der Waals surface area contributed by atoms with Crippen LogP contribution in [0.15, 0.2) is 45.6 Å². The van der Waals surface area contributed by atoms with Gasteiger partial charge in [-0.15, -0.1) is 0 Å². The first kappa shape index (κ1) is 14.9. The van der Waals surface area contributed by atoms with Gasteiger partial charge in [0.05, 0.1) is 12.6 Å². The van der Waals surface area contributed by atoms with Crippen molar-refractivity contribution in [3.05, 3.63) is 58.1 Å². The lowest BCUT2D eigenvalue weighted by molar-refractivity contribution is 0.405.